The Morgan fingerprint density at radius 2 is 2.00 bits per heavy atom. The molecule has 8 heteroatoms. The van der Waals surface area contributed by atoms with E-state index >= 15 is 0 Å². The molecule has 20 heavy (non-hydrogen) atoms. The molecule has 0 aromatic carbocycles. The molecule has 0 amide bonds. The molecule has 2 aliphatic rings. The van der Waals surface area contributed by atoms with Crippen LogP contribution in [-0.4, -0.2) is 67.0 Å². The van der Waals surface area contributed by atoms with E-state index in [-0.39, 0.29) is 12.6 Å². The summed E-state index contributed by atoms with van der Waals surface area (Å²) in [5.74, 6) is -1.51. The number of piperidine rings is 1. The Labute approximate surface area is 119 Å². The van der Waals surface area contributed by atoms with E-state index in [9.17, 15) is 13.2 Å². The minimum Gasteiger partial charge on any atom is -0.481 e. The number of carbonyl (C=O) groups is 1. The summed E-state index contributed by atoms with van der Waals surface area (Å²) in [6, 6.07) is 0. The predicted molar refractivity (Wildman–Crippen MR) is 72.5 cm³/mol. The number of ether oxygens (including phenoxy) is 1. The molecule has 7 nitrogen and oxygen atoms in total. The second-order valence-corrected chi connectivity index (χ2v) is 7.23. The van der Waals surface area contributed by atoms with Crippen LogP contribution in [0.3, 0.4) is 0 Å². The second-order valence-electron chi connectivity index (χ2n) is 5.30. The van der Waals surface area contributed by atoms with E-state index in [4.69, 9.17) is 9.84 Å². The summed E-state index contributed by atoms with van der Waals surface area (Å²) in [5, 5.41) is 9.06. The summed E-state index contributed by atoms with van der Waals surface area (Å²) in [6.45, 7) is 3.53. The number of carboxylic acids is 1. The van der Waals surface area contributed by atoms with Crippen LogP contribution in [0.5, 0.6) is 0 Å². The number of morpholine rings is 1. The minimum atomic E-state index is -3.57. The minimum absolute atomic E-state index is 0.0708. The highest BCUT2D eigenvalue weighted by Gasteiger charge is 2.37. The van der Waals surface area contributed by atoms with Crippen LogP contribution >= 0.6 is 0 Å². The highest BCUT2D eigenvalue weighted by atomic mass is 32.2. The van der Waals surface area contributed by atoms with Gasteiger partial charge in [-0.1, -0.05) is 6.92 Å². The number of aliphatic carboxylic acids is 1. The zero-order chi connectivity index (χ0) is 14.8. The molecule has 2 aliphatic heterocycles. The molecule has 0 aliphatic carbocycles. The Morgan fingerprint density at radius 3 is 2.65 bits per heavy atom. The van der Waals surface area contributed by atoms with Crippen LogP contribution in [0, 0.1) is 5.92 Å². The molecular formula is C12H22N2O5S. The first kappa shape index (κ1) is 15.7. The fraction of sp³-hybridized carbons (Fsp3) is 0.917. The highest BCUT2D eigenvalue weighted by Crippen LogP contribution is 2.23. The van der Waals surface area contributed by atoms with Crippen molar-refractivity contribution in [2.24, 2.45) is 5.92 Å². The quantitative estimate of drug-likeness (QED) is 0.798. The van der Waals surface area contributed by atoms with Crippen LogP contribution in [0.1, 0.15) is 26.2 Å². The van der Waals surface area contributed by atoms with Gasteiger partial charge in [-0.25, -0.2) is 0 Å². The molecule has 2 fully saturated rings. The largest absolute Gasteiger partial charge is 0.481 e. The van der Waals surface area contributed by atoms with Gasteiger partial charge in [-0.2, -0.15) is 17.0 Å². The van der Waals surface area contributed by atoms with Gasteiger partial charge in [0.05, 0.1) is 18.6 Å². The lowest BCUT2D eigenvalue weighted by molar-refractivity contribution is -0.142. The van der Waals surface area contributed by atoms with E-state index < -0.39 is 22.1 Å². The summed E-state index contributed by atoms with van der Waals surface area (Å²) < 4.78 is 33.4. The summed E-state index contributed by atoms with van der Waals surface area (Å²) in [4.78, 5) is 11.0. The van der Waals surface area contributed by atoms with Gasteiger partial charge in [0.25, 0.3) is 10.2 Å². The lowest BCUT2D eigenvalue weighted by atomic mass is 10.0. The topological polar surface area (TPSA) is 87.2 Å². The monoisotopic (exact) mass is 306 g/mol. The molecule has 2 unspecified atom stereocenters. The molecule has 2 saturated heterocycles. The third kappa shape index (κ3) is 3.30. The molecule has 0 bridgehead atoms. The van der Waals surface area contributed by atoms with Crippen LogP contribution < -0.4 is 0 Å². The molecule has 2 rings (SSSR count). The average Bonchev–Trinajstić information content (AvgIpc) is 2.47. The van der Waals surface area contributed by atoms with Crippen LogP contribution in [0.15, 0.2) is 0 Å². The molecule has 0 aromatic rings. The Hall–Kier alpha value is -0.700. The van der Waals surface area contributed by atoms with Crippen molar-refractivity contribution >= 4 is 16.2 Å². The van der Waals surface area contributed by atoms with E-state index in [1.54, 1.807) is 0 Å². The van der Waals surface area contributed by atoms with Crippen molar-refractivity contribution < 1.29 is 23.1 Å². The van der Waals surface area contributed by atoms with Crippen molar-refractivity contribution in [1.29, 1.82) is 0 Å². The Balaban J connectivity index is 2.07. The summed E-state index contributed by atoms with van der Waals surface area (Å²) >= 11 is 0. The summed E-state index contributed by atoms with van der Waals surface area (Å²) in [7, 11) is -3.57. The highest BCUT2D eigenvalue weighted by molar-refractivity contribution is 7.86. The van der Waals surface area contributed by atoms with Gasteiger partial charge in [-0.05, 0) is 19.3 Å². The van der Waals surface area contributed by atoms with Gasteiger partial charge in [-0.3, -0.25) is 4.79 Å². The van der Waals surface area contributed by atoms with E-state index in [1.807, 2.05) is 6.92 Å². The molecule has 2 atom stereocenters. The van der Waals surface area contributed by atoms with Crippen molar-refractivity contribution in [1.82, 2.24) is 8.61 Å². The first-order chi connectivity index (χ1) is 9.45. The summed E-state index contributed by atoms with van der Waals surface area (Å²) in [5.41, 5.74) is 0. The maximum absolute atomic E-state index is 12.6. The number of nitrogens with zero attached hydrogens (tertiary/aromatic N) is 2. The molecular weight excluding hydrogens is 284 g/mol. The molecule has 116 valence electrons. The van der Waals surface area contributed by atoms with Gasteiger partial charge < -0.3 is 9.84 Å². The van der Waals surface area contributed by atoms with Gasteiger partial charge in [0.15, 0.2) is 0 Å². The number of rotatable bonds is 4. The zero-order valence-corrected chi connectivity index (χ0v) is 12.5. The molecule has 2 heterocycles. The first-order valence-electron chi connectivity index (χ1n) is 7.04. The average molecular weight is 306 g/mol. The van der Waals surface area contributed by atoms with Gasteiger partial charge in [-0.15, -0.1) is 0 Å². The molecule has 0 radical (unpaired) electrons. The van der Waals surface area contributed by atoms with E-state index in [0.29, 0.717) is 39.1 Å². The van der Waals surface area contributed by atoms with Gasteiger partial charge in [0, 0.05) is 26.2 Å². The Bertz CT molecular complexity index is 453. The Morgan fingerprint density at radius 1 is 1.30 bits per heavy atom. The number of hydrogen-bond acceptors (Lipinski definition) is 4. The van der Waals surface area contributed by atoms with Gasteiger partial charge >= 0.3 is 5.97 Å². The maximum Gasteiger partial charge on any atom is 0.307 e. The molecule has 0 aromatic heterocycles. The molecule has 1 N–H and O–H groups in total. The first-order valence-corrected chi connectivity index (χ1v) is 8.44. The Kier molecular flexibility index (Phi) is 5.00. The number of carboxylic acid groups (broad SMARTS) is 1. The SMILES string of the molecule is CCC1CN(S(=O)(=O)N2CCCC(C(=O)O)C2)CCO1. The van der Waals surface area contributed by atoms with Gasteiger partial charge in [0.1, 0.15) is 0 Å². The van der Waals surface area contributed by atoms with E-state index in [2.05, 4.69) is 0 Å². The fourth-order valence-corrected chi connectivity index (χ4v) is 4.38. The number of hydrogen-bond donors (Lipinski definition) is 1. The van der Waals surface area contributed by atoms with Crippen LogP contribution in [-0.2, 0) is 19.7 Å². The normalized spacial score (nSPS) is 30.2. The van der Waals surface area contributed by atoms with Crippen molar-refractivity contribution in [3.63, 3.8) is 0 Å². The maximum atomic E-state index is 12.6. The predicted octanol–water partition coefficient (Wildman–Crippen LogP) is 0.139. The lowest BCUT2D eigenvalue weighted by Gasteiger charge is -2.37. The third-order valence-electron chi connectivity index (χ3n) is 3.94. The second kappa shape index (κ2) is 6.38. The van der Waals surface area contributed by atoms with Crippen LogP contribution in [0.2, 0.25) is 0 Å². The standard InChI is InChI=1S/C12H22N2O5S/c1-2-11-9-14(6-7-19-11)20(17,18)13-5-3-4-10(8-13)12(15)16/h10-11H,2-9H2,1H3,(H,15,16). The van der Waals surface area contributed by atoms with Crippen molar-refractivity contribution in [2.45, 2.75) is 32.3 Å². The van der Waals surface area contributed by atoms with Gasteiger partial charge in [0.2, 0.25) is 0 Å². The lowest BCUT2D eigenvalue weighted by Crippen LogP contribution is -2.53. The van der Waals surface area contributed by atoms with Crippen LogP contribution in [0.4, 0.5) is 0 Å². The third-order valence-corrected chi connectivity index (χ3v) is 5.91. The van der Waals surface area contributed by atoms with E-state index in [1.165, 1.54) is 8.61 Å². The molecule has 0 spiro atoms. The smallest absolute Gasteiger partial charge is 0.307 e. The van der Waals surface area contributed by atoms with Crippen molar-refractivity contribution in [2.75, 3.05) is 32.8 Å². The fourth-order valence-electron chi connectivity index (χ4n) is 2.67. The van der Waals surface area contributed by atoms with Crippen molar-refractivity contribution in [3.05, 3.63) is 0 Å². The van der Waals surface area contributed by atoms with Crippen molar-refractivity contribution in [3.8, 4) is 0 Å². The summed E-state index contributed by atoms with van der Waals surface area (Å²) in [6.07, 6.45) is 1.84. The van der Waals surface area contributed by atoms with Crippen LogP contribution in [0.25, 0.3) is 0 Å². The zero-order valence-electron chi connectivity index (χ0n) is 11.7. The van der Waals surface area contributed by atoms with E-state index in [0.717, 1.165) is 6.42 Å². The molecule has 0 saturated carbocycles.